The van der Waals surface area contributed by atoms with E-state index in [9.17, 15) is 22.8 Å². The van der Waals surface area contributed by atoms with Crippen LogP contribution >= 0.6 is 0 Å². The predicted octanol–water partition coefficient (Wildman–Crippen LogP) is 0.902. The van der Waals surface area contributed by atoms with E-state index in [1.807, 2.05) is 19.0 Å². The van der Waals surface area contributed by atoms with Gasteiger partial charge in [-0.05, 0) is 39.2 Å². The Hall–Kier alpha value is -2.09. The molecule has 0 aliphatic rings. The molecule has 5 nitrogen and oxygen atoms in total. The van der Waals surface area contributed by atoms with E-state index < -0.39 is 34.8 Å². The van der Waals surface area contributed by atoms with Crippen molar-refractivity contribution in [2.75, 3.05) is 33.7 Å². The van der Waals surface area contributed by atoms with Gasteiger partial charge in [0, 0.05) is 6.54 Å². The molecule has 0 heterocycles. The average Bonchev–Trinajstić information content (AvgIpc) is 2.46. The Balaban J connectivity index is 2.43. The van der Waals surface area contributed by atoms with Crippen molar-refractivity contribution in [2.45, 2.75) is 6.42 Å². The van der Waals surface area contributed by atoms with Crippen LogP contribution in [-0.4, -0.2) is 50.4 Å². The molecule has 0 radical (unpaired) electrons. The van der Waals surface area contributed by atoms with Crippen molar-refractivity contribution in [3.05, 3.63) is 35.1 Å². The summed E-state index contributed by atoms with van der Waals surface area (Å²) in [7, 11) is 3.80. The van der Waals surface area contributed by atoms with Gasteiger partial charge in [-0.25, -0.2) is 13.2 Å². The third kappa shape index (κ3) is 5.36. The Morgan fingerprint density at radius 3 is 2.41 bits per heavy atom. The number of nitrogens with zero attached hydrogens (tertiary/aromatic N) is 1. The van der Waals surface area contributed by atoms with E-state index in [4.69, 9.17) is 0 Å². The highest BCUT2D eigenvalue weighted by Gasteiger charge is 2.18. The fourth-order valence-corrected chi connectivity index (χ4v) is 1.64. The number of nitrogens with one attached hydrogen (secondary N) is 2. The Labute approximate surface area is 126 Å². The van der Waals surface area contributed by atoms with Crippen LogP contribution in [0.4, 0.5) is 13.2 Å². The molecule has 0 spiro atoms. The van der Waals surface area contributed by atoms with Gasteiger partial charge in [-0.1, -0.05) is 0 Å². The molecular formula is C14H18F3N3O2. The minimum atomic E-state index is -1.72. The van der Waals surface area contributed by atoms with Gasteiger partial charge in [-0.2, -0.15) is 0 Å². The molecule has 0 aromatic heterocycles. The Morgan fingerprint density at radius 1 is 1.09 bits per heavy atom. The molecule has 22 heavy (non-hydrogen) atoms. The fraction of sp³-hybridized carbons (Fsp3) is 0.429. The largest absolute Gasteiger partial charge is 0.355 e. The highest BCUT2D eigenvalue weighted by Crippen LogP contribution is 2.14. The number of carbonyl (C=O) groups excluding carboxylic acids is 2. The zero-order valence-electron chi connectivity index (χ0n) is 12.4. The molecule has 0 aliphatic carbocycles. The monoisotopic (exact) mass is 317 g/mol. The molecule has 8 heteroatoms. The first-order chi connectivity index (χ1) is 10.3. The minimum Gasteiger partial charge on any atom is -0.355 e. The second-order valence-electron chi connectivity index (χ2n) is 4.91. The second-order valence-corrected chi connectivity index (χ2v) is 4.91. The third-order valence-corrected chi connectivity index (χ3v) is 2.79. The molecule has 0 saturated carbocycles. The smallest absolute Gasteiger partial charge is 0.254 e. The summed E-state index contributed by atoms with van der Waals surface area (Å²) < 4.78 is 39.1. The number of carbonyl (C=O) groups is 2. The van der Waals surface area contributed by atoms with E-state index in [1.165, 1.54) is 0 Å². The molecule has 0 saturated heterocycles. The molecule has 2 N–H and O–H groups in total. The van der Waals surface area contributed by atoms with Crippen LogP contribution in [0.3, 0.4) is 0 Å². The van der Waals surface area contributed by atoms with Crippen LogP contribution in [0, 0.1) is 17.5 Å². The number of hydrogen-bond donors (Lipinski definition) is 2. The maximum atomic E-state index is 13.4. The lowest BCUT2D eigenvalue weighted by Gasteiger charge is -2.10. The summed E-state index contributed by atoms with van der Waals surface area (Å²) in [5, 5.41) is 4.72. The number of amides is 2. The summed E-state index contributed by atoms with van der Waals surface area (Å²) in [5.41, 5.74) is -0.653. The molecular weight excluding hydrogens is 299 g/mol. The Kier molecular flexibility index (Phi) is 6.84. The van der Waals surface area contributed by atoms with Crippen molar-refractivity contribution in [3.63, 3.8) is 0 Å². The van der Waals surface area contributed by atoms with Gasteiger partial charge in [0.1, 0.15) is 0 Å². The summed E-state index contributed by atoms with van der Waals surface area (Å²) in [5.74, 6) is -6.12. The van der Waals surface area contributed by atoms with Crippen LogP contribution in [0.5, 0.6) is 0 Å². The van der Waals surface area contributed by atoms with Crippen molar-refractivity contribution >= 4 is 11.8 Å². The summed E-state index contributed by atoms with van der Waals surface area (Å²) >= 11 is 0. The third-order valence-electron chi connectivity index (χ3n) is 2.79. The molecule has 2 amide bonds. The van der Waals surface area contributed by atoms with E-state index in [2.05, 4.69) is 10.6 Å². The molecule has 1 aromatic carbocycles. The van der Waals surface area contributed by atoms with E-state index in [0.717, 1.165) is 19.0 Å². The zero-order valence-corrected chi connectivity index (χ0v) is 12.4. The fourth-order valence-electron chi connectivity index (χ4n) is 1.64. The van der Waals surface area contributed by atoms with E-state index >= 15 is 0 Å². The molecule has 0 aliphatic heterocycles. The van der Waals surface area contributed by atoms with Crippen molar-refractivity contribution in [2.24, 2.45) is 0 Å². The standard InChI is InChI=1S/C14H18F3N3O2/c1-20(2)7-3-6-18-11(21)8-19-14(22)9-4-5-10(15)13(17)12(9)16/h4-5H,3,6-8H2,1-2H3,(H,18,21)(H,19,22). The quantitative estimate of drug-likeness (QED) is 0.580. The molecule has 0 atom stereocenters. The summed E-state index contributed by atoms with van der Waals surface area (Å²) in [6.07, 6.45) is 0.741. The lowest BCUT2D eigenvalue weighted by atomic mass is 10.2. The van der Waals surface area contributed by atoms with Gasteiger partial charge in [-0.15, -0.1) is 0 Å². The lowest BCUT2D eigenvalue weighted by molar-refractivity contribution is -0.120. The van der Waals surface area contributed by atoms with Crippen LogP contribution in [0.1, 0.15) is 16.8 Å². The number of benzene rings is 1. The highest BCUT2D eigenvalue weighted by atomic mass is 19.2. The second kappa shape index (κ2) is 8.38. The first-order valence-electron chi connectivity index (χ1n) is 6.66. The highest BCUT2D eigenvalue weighted by molar-refractivity contribution is 5.96. The topological polar surface area (TPSA) is 61.4 Å². The van der Waals surface area contributed by atoms with Crippen molar-refractivity contribution < 1.29 is 22.8 Å². The SMILES string of the molecule is CN(C)CCCNC(=O)CNC(=O)c1ccc(F)c(F)c1F. The van der Waals surface area contributed by atoms with Gasteiger partial charge in [0.15, 0.2) is 17.5 Å². The van der Waals surface area contributed by atoms with Crippen molar-refractivity contribution in [1.82, 2.24) is 15.5 Å². The Morgan fingerprint density at radius 2 is 1.77 bits per heavy atom. The van der Waals surface area contributed by atoms with E-state index in [1.54, 1.807) is 0 Å². The maximum Gasteiger partial charge on any atom is 0.254 e. The van der Waals surface area contributed by atoms with E-state index in [-0.39, 0.29) is 6.54 Å². The Bertz CT molecular complexity index is 550. The predicted molar refractivity (Wildman–Crippen MR) is 74.8 cm³/mol. The average molecular weight is 317 g/mol. The first-order valence-corrected chi connectivity index (χ1v) is 6.66. The summed E-state index contributed by atoms with van der Waals surface area (Å²) in [6, 6.07) is 1.46. The van der Waals surface area contributed by atoms with Gasteiger partial charge in [-0.3, -0.25) is 9.59 Å². The number of hydrogen-bond acceptors (Lipinski definition) is 3. The van der Waals surface area contributed by atoms with Gasteiger partial charge < -0.3 is 15.5 Å². The zero-order chi connectivity index (χ0) is 16.7. The number of halogens is 3. The van der Waals surface area contributed by atoms with Crippen LogP contribution in [0.15, 0.2) is 12.1 Å². The van der Waals surface area contributed by atoms with Crippen molar-refractivity contribution in [3.8, 4) is 0 Å². The van der Waals surface area contributed by atoms with Crippen LogP contribution in [-0.2, 0) is 4.79 Å². The van der Waals surface area contributed by atoms with Crippen LogP contribution in [0.25, 0.3) is 0 Å². The van der Waals surface area contributed by atoms with Crippen LogP contribution < -0.4 is 10.6 Å². The van der Waals surface area contributed by atoms with Crippen molar-refractivity contribution in [1.29, 1.82) is 0 Å². The van der Waals surface area contributed by atoms with Gasteiger partial charge in [0.25, 0.3) is 5.91 Å². The first kappa shape index (κ1) is 18.0. The molecule has 1 aromatic rings. The molecule has 1 rings (SSSR count). The lowest BCUT2D eigenvalue weighted by Crippen LogP contribution is -2.38. The summed E-state index contributed by atoms with van der Waals surface area (Å²) in [6.45, 7) is 0.859. The van der Waals surface area contributed by atoms with Gasteiger partial charge >= 0.3 is 0 Å². The molecule has 0 fully saturated rings. The summed E-state index contributed by atoms with van der Waals surface area (Å²) in [4.78, 5) is 25.0. The molecule has 0 bridgehead atoms. The molecule has 0 unspecified atom stereocenters. The minimum absolute atomic E-state index is 0.376. The molecule has 122 valence electrons. The van der Waals surface area contributed by atoms with Gasteiger partial charge in [0.2, 0.25) is 5.91 Å². The van der Waals surface area contributed by atoms with E-state index in [0.29, 0.717) is 12.6 Å². The van der Waals surface area contributed by atoms with Gasteiger partial charge in [0.05, 0.1) is 12.1 Å². The number of rotatable bonds is 7. The maximum absolute atomic E-state index is 13.4. The normalized spacial score (nSPS) is 10.6. The van der Waals surface area contributed by atoms with Crippen LogP contribution in [0.2, 0.25) is 0 Å².